The van der Waals surface area contributed by atoms with Crippen LogP contribution in [-0.2, 0) is 4.79 Å². The largest absolute Gasteiger partial charge is 0.480 e. The first kappa shape index (κ1) is 11.8. The summed E-state index contributed by atoms with van der Waals surface area (Å²) in [6.45, 7) is 6.00. The molecule has 4 nitrogen and oxygen atoms in total. The van der Waals surface area contributed by atoms with Gasteiger partial charge >= 0.3 is 5.97 Å². The zero-order valence-corrected chi connectivity index (χ0v) is 9.30. The van der Waals surface area contributed by atoms with Crippen molar-refractivity contribution in [1.29, 1.82) is 0 Å². The molecule has 1 atom stereocenters. The fourth-order valence-corrected chi connectivity index (χ4v) is 1.63. The zero-order chi connectivity index (χ0) is 11.4. The van der Waals surface area contributed by atoms with Gasteiger partial charge in [-0.3, -0.25) is 9.69 Å². The quantitative estimate of drug-likeness (QED) is 0.810. The summed E-state index contributed by atoms with van der Waals surface area (Å²) >= 11 is 0. The number of hydrogen-bond acceptors (Lipinski definition) is 3. The molecule has 1 unspecified atom stereocenters. The van der Waals surface area contributed by atoms with E-state index in [4.69, 9.17) is 9.52 Å². The maximum atomic E-state index is 10.7. The van der Waals surface area contributed by atoms with E-state index in [9.17, 15) is 4.79 Å². The van der Waals surface area contributed by atoms with Crippen LogP contribution in [0.3, 0.4) is 0 Å². The van der Waals surface area contributed by atoms with Crippen molar-refractivity contribution in [2.75, 3.05) is 6.54 Å². The van der Waals surface area contributed by atoms with Gasteiger partial charge in [-0.1, -0.05) is 0 Å². The van der Waals surface area contributed by atoms with Gasteiger partial charge in [-0.25, -0.2) is 0 Å². The third-order valence-corrected chi connectivity index (χ3v) is 2.50. The number of hydrogen-bond donors (Lipinski definition) is 1. The Morgan fingerprint density at radius 2 is 2.20 bits per heavy atom. The second-order valence-electron chi connectivity index (χ2n) is 3.89. The van der Waals surface area contributed by atoms with E-state index in [0.29, 0.717) is 0 Å². The Hall–Kier alpha value is -1.29. The molecule has 0 aliphatic carbocycles. The monoisotopic (exact) mass is 211 g/mol. The summed E-state index contributed by atoms with van der Waals surface area (Å²) in [4.78, 5) is 12.6. The average molecular weight is 211 g/mol. The molecular weight excluding hydrogens is 194 g/mol. The molecule has 84 valence electrons. The molecule has 1 aromatic heterocycles. The lowest BCUT2D eigenvalue weighted by Crippen LogP contribution is -2.37. The molecule has 0 radical (unpaired) electrons. The lowest BCUT2D eigenvalue weighted by atomic mass is 10.1. The van der Waals surface area contributed by atoms with Crippen molar-refractivity contribution in [2.45, 2.75) is 32.9 Å². The first-order chi connectivity index (χ1) is 7.02. The van der Waals surface area contributed by atoms with E-state index in [2.05, 4.69) is 0 Å². The van der Waals surface area contributed by atoms with E-state index < -0.39 is 5.97 Å². The second-order valence-corrected chi connectivity index (χ2v) is 3.89. The first-order valence-electron chi connectivity index (χ1n) is 5.02. The van der Waals surface area contributed by atoms with Crippen molar-refractivity contribution in [2.24, 2.45) is 0 Å². The molecule has 0 spiro atoms. The molecule has 0 bridgehead atoms. The van der Waals surface area contributed by atoms with Gasteiger partial charge < -0.3 is 9.52 Å². The summed E-state index contributed by atoms with van der Waals surface area (Å²) in [5, 5.41) is 8.81. The van der Waals surface area contributed by atoms with Crippen LogP contribution in [0.25, 0.3) is 0 Å². The maximum Gasteiger partial charge on any atom is 0.317 e. The van der Waals surface area contributed by atoms with Crippen molar-refractivity contribution < 1.29 is 14.3 Å². The standard InChI is InChI=1S/C11H17NO3/c1-8(2)12(6-11(13)14)9(3)10-4-5-15-7-10/h4-5,7-9H,6H2,1-3H3,(H,13,14). The highest BCUT2D eigenvalue weighted by molar-refractivity contribution is 5.69. The smallest absolute Gasteiger partial charge is 0.317 e. The Morgan fingerprint density at radius 1 is 1.53 bits per heavy atom. The number of aliphatic carboxylic acids is 1. The van der Waals surface area contributed by atoms with Crippen LogP contribution in [0.2, 0.25) is 0 Å². The van der Waals surface area contributed by atoms with Gasteiger partial charge in [0, 0.05) is 17.6 Å². The van der Waals surface area contributed by atoms with Gasteiger partial charge in [0.2, 0.25) is 0 Å². The van der Waals surface area contributed by atoms with E-state index in [0.717, 1.165) is 5.56 Å². The summed E-state index contributed by atoms with van der Waals surface area (Å²) in [7, 11) is 0. The van der Waals surface area contributed by atoms with Crippen molar-refractivity contribution >= 4 is 5.97 Å². The molecule has 0 aliphatic heterocycles. The van der Waals surface area contributed by atoms with Gasteiger partial charge in [-0.05, 0) is 26.8 Å². The van der Waals surface area contributed by atoms with Crippen molar-refractivity contribution in [3.05, 3.63) is 24.2 Å². The van der Waals surface area contributed by atoms with Crippen molar-refractivity contribution in [3.8, 4) is 0 Å². The Bertz CT molecular complexity index is 306. The van der Waals surface area contributed by atoms with Gasteiger partial charge in [-0.2, -0.15) is 0 Å². The molecule has 15 heavy (non-hydrogen) atoms. The van der Waals surface area contributed by atoms with E-state index in [1.807, 2.05) is 31.7 Å². The van der Waals surface area contributed by atoms with Crippen LogP contribution in [-0.4, -0.2) is 28.6 Å². The van der Waals surface area contributed by atoms with Gasteiger partial charge in [0.25, 0.3) is 0 Å². The average Bonchev–Trinajstić information content (AvgIpc) is 2.65. The van der Waals surface area contributed by atoms with Crippen LogP contribution in [0.15, 0.2) is 23.0 Å². The molecule has 4 heteroatoms. The van der Waals surface area contributed by atoms with E-state index in [1.54, 1.807) is 12.5 Å². The summed E-state index contributed by atoms with van der Waals surface area (Å²) in [5.41, 5.74) is 1.00. The summed E-state index contributed by atoms with van der Waals surface area (Å²) < 4.78 is 5.00. The molecule has 0 saturated carbocycles. The molecule has 1 N–H and O–H groups in total. The Balaban J connectivity index is 2.76. The minimum Gasteiger partial charge on any atom is -0.480 e. The van der Waals surface area contributed by atoms with E-state index >= 15 is 0 Å². The van der Waals surface area contributed by atoms with E-state index in [-0.39, 0.29) is 18.6 Å². The molecule has 1 heterocycles. The SMILES string of the molecule is CC(C)N(CC(=O)O)C(C)c1ccoc1. The fourth-order valence-electron chi connectivity index (χ4n) is 1.63. The molecule has 0 aromatic carbocycles. The van der Waals surface area contributed by atoms with Crippen LogP contribution in [0.5, 0.6) is 0 Å². The van der Waals surface area contributed by atoms with Crippen molar-refractivity contribution in [1.82, 2.24) is 4.90 Å². The molecular formula is C11H17NO3. The van der Waals surface area contributed by atoms with E-state index in [1.165, 1.54) is 0 Å². The minimum atomic E-state index is -0.806. The van der Waals surface area contributed by atoms with Crippen LogP contribution in [0.1, 0.15) is 32.4 Å². The topological polar surface area (TPSA) is 53.7 Å². The van der Waals surface area contributed by atoms with Crippen molar-refractivity contribution in [3.63, 3.8) is 0 Å². The van der Waals surface area contributed by atoms with Crippen LogP contribution >= 0.6 is 0 Å². The number of furan rings is 1. The van der Waals surface area contributed by atoms with Crippen LogP contribution in [0, 0.1) is 0 Å². The molecule has 0 aliphatic rings. The molecule has 1 aromatic rings. The number of carbonyl (C=O) groups is 1. The Morgan fingerprint density at radius 3 is 2.60 bits per heavy atom. The minimum absolute atomic E-state index is 0.0456. The lowest BCUT2D eigenvalue weighted by molar-refractivity contribution is -0.139. The second kappa shape index (κ2) is 4.98. The number of carboxylic acid groups (broad SMARTS) is 1. The Labute approximate surface area is 89.5 Å². The predicted molar refractivity (Wildman–Crippen MR) is 56.6 cm³/mol. The summed E-state index contributed by atoms with van der Waals surface area (Å²) in [6, 6.07) is 2.10. The van der Waals surface area contributed by atoms with Gasteiger partial charge in [0.15, 0.2) is 0 Å². The fraction of sp³-hybridized carbons (Fsp3) is 0.545. The maximum absolute atomic E-state index is 10.7. The highest BCUT2D eigenvalue weighted by Gasteiger charge is 2.21. The van der Waals surface area contributed by atoms with Gasteiger partial charge in [0.1, 0.15) is 0 Å². The van der Waals surface area contributed by atoms with Crippen LogP contribution in [0.4, 0.5) is 0 Å². The van der Waals surface area contributed by atoms with Crippen LogP contribution < -0.4 is 0 Å². The molecule has 0 saturated heterocycles. The highest BCUT2D eigenvalue weighted by Crippen LogP contribution is 2.22. The zero-order valence-electron chi connectivity index (χ0n) is 9.30. The normalized spacial score (nSPS) is 13.4. The predicted octanol–water partition coefficient (Wildman–Crippen LogP) is 2.14. The molecule has 1 rings (SSSR count). The molecule has 0 fully saturated rings. The first-order valence-corrected chi connectivity index (χ1v) is 5.02. The highest BCUT2D eigenvalue weighted by atomic mass is 16.4. The third-order valence-electron chi connectivity index (χ3n) is 2.50. The van der Waals surface area contributed by atoms with Gasteiger partial charge in [-0.15, -0.1) is 0 Å². The number of nitrogens with zero attached hydrogens (tertiary/aromatic N) is 1. The third kappa shape index (κ3) is 3.09. The summed E-state index contributed by atoms with van der Waals surface area (Å²) in [6.07, 6.45) is 3.26. The number of rotatable bonds is 5. The molecule has 0 amide bonds. The van der Waals surface area contributed by atoms with Gasteiger partial charge in [0.05, 0.1) is 19.1 Å². The number of carboxylic acids is 1. The summed E-state index contributed by atoms with van der Waals surface area (Å²) in [5.74, 6) is -0.806. The Kier molecular flexibility index (Phi) is 3.91. The lowest BCUT2D eigenvalue weighted by Gasteiger charge is -2.30.